The number of hydrogen-bond donors (Lipinski definition) is 5. The Bertz CT molecular complexity index is 1550. The predicted molar refractivity (Wildman–Crippen MR) is 160 cm³/mol. The van der Waals surface area contributed by atoms with E-state index in [9.17, 15) is 23.2 Å². The Morgan fingerprint density at radius 1 is 1.13 bits per heavy atom. The van der Waals surface area contributed by atoms with Crippen LogP contribution in [0, 0.1) is 17.6 Å². The molecule has 0 bridgehead atoms. The van der Waals surface area contributed by atoms with Crippen LogP contribution in [0.25, 0.3) is 0 Å². The summed E-state index contributed by atoms with van der Waals surface area (Å²) in [6.45, 7) is 2.50. The highest BCUT2D eigenvalue weighted by Crippen LogP contribution is 2.25. The molecule has 12 nitrogen and oxygen atoms in total. The summed E-state index contributed by atoms with van der Waals surface area (Å²) in [6.07, 6.45) is 3.67. The molecule has 2 saturated heterocycles. The highest BCUT2D eigenvalue weighted by atomic mass is 35.5. The van der Waals surface area contributed by atoms with Crippen LogP contribution in [-0.2, 0) is 16.0 Å². The van der Waals surface area contributed by atoms with Crippen molar-refractivity contribution in [2.45, 2.75) is 31.7 Å². The molecule has 15 heteroatoms. The number of carboxylic acid groups (broad SMARTS) is 1. The Balaban J connectivity index is 0.00000148. The molecular formula is C30H33ClF2N6O6. The minimum Gasteiger partial charge on any atom is -0.494 e. The monoisotopic (exact) mass is 646 g/mol. The SMILES string of the molecule is COc1ccc(Cc2cnc(C(=O)Nc3ccc(C(=O)NC4CCN(C(=O)C5CCNCC5)C4)c(Cl)c3)[nH]2)c(F)c1F.O=CO. The Morgan fingerprint density at radius 2 is 1.87 bits per heavy atom. The average molecular weight is 647 g/mol. The lowest BCUT2D eigenvalue weighted by Gasteiger charge is -2.26. The second-order valence-electron chi connectivity index (χ2n) is 10.5. The third-order valence-corrected chi connectivity index (χ3v) is 7.88. The molecule has 240 valence electrons. The number of halogens is 3. The van der Waals surface area contributed by atoms with Crippen molar-refractivity contribution in [1.29, 1.82) is 0 Å². The second kappa shape index (κ2) is 15.4. The van der Waals surface area contributed by atoms with Crippen LogP contribution in [0.15, 0.2) is 36.5 Å². The number of rotatable bonds is 8. The van der Waals surface area contributed by atoms with Gasteiger partial charge >= 0.3 is 0 Å². The molecule has 0 saturated carbocycles. The van der Waals surface area contributed by atoms with Gasteiger partial charge < -0.3 is 35.7 Å². The minimum absolute atomic E-state index is 0.0202. The van der Waals surface area contributed by atoms with E-state index in [1.54, 1.807) is 6.07 Å². The van der Waals surface area contributed by atoms with Crippen LogP contribution in [-0.4, -0.2) is 83.5 Å². The quantitative estimate of drug-likeness (QED) is 0.233. The Hall–Kier alpha value is -4.56. The molecule has 5 rings (SSSR count). The Labute approximate surface area is 262 Å². The first-order valence-corrected chi connectivity index (χ1v) is 14.6. The molecule has 0 radical (unpaired) electrons. The number of imidazole rings is 1. The lowest BCUT2D eigenvalue weighted by Crippen LogP contribution is -2.42. The van der Waals surface area contributed by atoms with Gasteiger partial charge in [-0.15, -0.1) is 0 Å². The summed E-state index contributed by atoms with van der Waals surface area (Å²) in [6, 6.07) is 7.05. The zero-order chi connectivity index (χ0) is 32.5. The summed E-state index contributed by atoms with van der Waals surface area (Å²) in [5, 5.41) is 15.9. The van der Waals surface area contributed by atoms with Crippen molar-refractivity contribution in [3.8, 4) is 5.75 Å². The number of methoxy groups -OCH3 is 1. The van der Waals surface area contributed by atoms with Gasteiger partial charge in [-0.3, -0.25) is 19.2 Å². The first-order valence-electron chi connectivity index (χ1n) is 14.2. The maximum absolute atomic E-state index is 14.3. The van der Waals surface area contributed by atoms with E-state index in [-0.39, 0.29) is 64.4 Å². The minimum atomic E-state index is -1.09. The van der Waals surface area contributed by atoms with Gasteiger partial charge in [0, 0.05) is 49.0 Å². The Morgan fingerprint density at radius 3 is 2.56 bits per heavy atom. The molecule has 1 unspecified atom stereocenters. The first kappa shape index (κ1) is 33.3. The molecule has 45 heavy (non-hydrogen) atoms. The summed E-state index contributed by atoms with van der Waals surface area (Å²) in [5.74, 6) is -3.13. The average Bonchev–Trinajstić information content (AvgIpc) is 3.70. The van der Waals surface area contributed by atoms with Crippen molar-refractivity contribution >= 4 is 41.5 Å². The van der Waals surface area contributed by atoms with Crippen molar-refractivity contribution in [2.75, 3.05) is 38.6 Å². The zero-order valence-electron chi connectivity index (χ0n) is 24.4. The molecule has 3 heterocycles. The largest absolute Gasteiger partial charge is 0.494 e. The molecule has 0 spiro atoms. The molecule has 2 aliphatic rings. The first-order chi connectivity index (χ1) is 21.6. The van der Waals surface area contributed by atoms with Gasteiger partial charge in [0.25, 0.3) is 18.3 Å². The number of nitrogens with one attached hydrogen (secondary N) is 4. The number of likely N-dealkylation sites (tertiary alicyclic amines) is 1. The van der Waals surface area contributed by atoms with Crippen LogP contribution in [0.4, 0.5) is 14.5 Å². The topological polar surface area (TPSA) is 166 Å². The molecule has 3 amide bonds. The number of benzene rings is 2. The molecular weight excluding hydrogens is 614 g/mol. The van der Waals surface area contributed by atoms with Crippen molar-refractivity contribution in [3.05, 3.63) is 75.8 Å². The number of carbonyl (C=O) groups excluding carboxylic acids is 3. The number of hydrogen-bond acceptors (Lipinski definition) is 7. The molecule has 2 fully saturated rings. The van der Waals surface area contributed by atoms with Gasteiger partial charge in [0.1, 0.15) is 0 Å². The van der Waals surface area contributed by atoms with Gasteiger partial charge in [0.2, 0.25) is 11.7 Å². The molecule has 1 aromatic heterocycles. The van der Waals surface area contributed by atoms with Crippen LogP contribution in [0.5, 0.6) is 5.75 Å². The highest BCUT2D eigenvalue weighted by molar-refractivity contribution is 6.34. The van der Waals surface area contributed by atoms with E-state index in [2.05, 4.69) is 25.9 Å². The number of nitrogens with zero attached hydrogens (tertiary/aromatic N) is 2. The number of aromatic amines is 1. The second-order valence-corrected chi connectivity index (χ2v) is 10.9. The van der Waals surface area contributed by atoms with Gasteiger partial charge in [-0.2, -0.15) is 4.39 Å². The van der Waals surface area contributed by atoms with E-state index in [4.69, 9.17) is 26.2 Å². The molecule has 2 aliphatic heterocycles. The van der Waals surface area contributed by atoms with Gasteiger partial charge in [-0.1, -0.05) is 17.7 Å². The lowest BCUT2D eigenvalue weighted by atomic mass is 9.97. The maximum atomic E-state index is 14.3. The van der Waals surface area contributed by atoms with Gasteiger partial charge in [-0.25, -0.2) is 9.37 Å². The number of ether oxygens (including phenoxy) is 1. The number of piperidine rings is 1. The predicted octanol–water partition coefficient (Wildman–Crippen LogP) is 3.22. The summed E-state index contributed by atoms with van der Waals surface area (Å²) in [7, 11) is 1.25. The smallest absolute Gasteiger partial charge is 0.291 e. The number of anilines is 1. The molecule has 3 aromatic rings. The summed E-state index contributed by atoms with van der Waals surface area (Å²) < 4.78 is 33.1. The third kappa shape index (κ3) is 8.34. The number of aromatic nitrogens is 2. The highest BCUT2D eigenvalue weighted by Gasteiger charge is 2.32. The summed E-state index contributed by atoms with van der Waals surface area (Å²) >= 11 is 6.38. The van der Waals surface area contributed by atoms with Crippen LogP contribution < -0.4 is 20.7 Å². The van der Waals surface area contributed by atoms with Crippen molar-refractivity contribution < 1.29 is 37.8 Å². The fraction of sp³-hybridized carbons (Fsp3) is 0.367. The summed E-state index contributed by atoms with van der Waals surface area (Å²) in [5.41, 5.74) is 1.05. The van der Waals surface area contributed by atoms with Gasteiger partial charge in [0.05, 0.1) is 17.7 Å². The summed E-state index contributed by atoms with van der Waals surface area (Å²) in [4.78, 5) is 55.5. The van der Waals surface area contributed by atoms with E-state index < -0.39 is 17.5 Å². The lowest BCUT2D eigenvalue weighted by molar-refractivity contribution is -0.135. The number of amides is 3. The molecule has 5 N–H and O–H groups in total. The van der Waals surface area contributed by atoms with E-state index in [0.717, 1.165) is 25.9 Å². The van der Waals surface area contributed by atoms with E-state index >= 15 is 0 Å². The van der Waals surface area contributed by atoms with Crippen molar-refractivity contribution in [1.82, 2.24) is 25.5 Å². The fourth-order valence-corrected chi connectivity index (χ4v) is 5.54. The van der Waals surface area contributed by atoms with Crippen LogP contribution in [0.1, 0.15) is 51.5 Å². The standard InChI is InChI=1S/C29H31ClF2N6O4.CH2O2/c1-42-23-5-2-17(24(31)25(23)32)12-20-14-34-26(35-20)28(40)36-18-3-4-21(22(30)13-18)27(39)37-19-8-11-38(15-19)29(41)16-6-9-33-10-7-16;2-1-3/h2-5,13-14,16,19,33H,6-12,15H2,1H3,(H,34,35)(H,36,40)(H,37,39);1H,(H,2,3). The van der Waals surface area contributed by atoms with E-state index in [0.29, 0.717) is 30.9 Å². The normalized spacial score (nSPS) is 16.4. The van der Waals surface area contributed by atoms with E-state index in [1.807, 2.05) is 4.90 Å². The van der Waals surface area contributed by atoms with Gasteiger partial charge in [0.15, 0.2) is 17.4 Å². The fourth-order valence-electron chi connectivity index (χ4n) is 5.27. The van der Waals surface area contributed by atoms with Crippen molar-refractivity contribution in [2.24, 2.45) is 5.92 Å². The molecule has 0 aliphatic carbocycles. The third-order valence-electron chi connectivity index (χ3n) is 7.57. The van der Waals surface area contributed by atoms with E-state index in [1.165, 1.54) is 37.6 Å². The zero-order valence-corrected chi connectivity index (χ0v) is 25.1. The Kier molecular flexibility index (Phi) is 11.4. The van der Waals surface area contributed by atoms with Crippen molar-refractivity contribution in [3.63, 3.8) is 0 Å². The number of H-pyrrole nitrogens is 1. The van der Waals surface area contributed by atoms with Crippen LogP contribution in [0.3, 0.4) is 0 Å². The maximum Gasteiger partial charge on any atom is 0.291 e. The number of carbonyl (C=O) groups is 4. The van der Waals surface area contributed by atoms with Crippen LogP contribution >= 0.6 is 11.6 Å². The molecule has 1 atom stereocenters. The molecule has 2 aromatic carbocycles. The van der Waals surface area contributed by atoms with Crippen LogP contribution in [0.2, 0.25) is 5.02 Å². The van der Waals surface area contributed by atoms with Gasteiger partial charge in [-0.05, 0) is 62.2 Å².